The lowest BCUT2D eigenvalue weighted by Gasteiger charge is -2.39. The number of hydrogen-bond acceptors (Lipinski definition) is 5. The summed E-state index contributed by atoms with van der Waals surface area (Å²) < 4.78 is 35.6. The van der Waals surface area contributed by atoms with E-state index in [2.05, 4.69) is 18.9 Å². The Bertz CT molecular complexity index is 1350. The second kappa shape index (κ2) is 10.4. The van der Waals surface area contributed by atoms with Gasteiger partial charge in [0.2, 0.25) is 5.95 Å². The number of aromatic nitrogens is 2. The Morgan fingerprint density at radius 1 is 1.03 bits per heavy atom. The molecule has 6 rings (SSSR count). The maximum atomic E-state index is 15.3. The van der Waals surface area contributed by atoms with E-state index in [9.17, 15) is 4.79 Å². The molecule has 0 bridgehead atoms. The molecule has 2 saturated heterocycles. The van der Waals surface area contributed by atoms with Gasteiger partial charge in [-0.1, -0.05) is 50.6 Å². The zero-order valence-corrected chi connectivity index (χ0v) is 22.1. The molecular weight excluding hydrogens is 482 g/mol. The molecule has 0 amide bonds. The van der Waals surface area contributed by atoms with E-state index in [1.165, 1.54) is 0 Å². The highest BCUT2D eigenvalue weighted by Gasteiger charge is 2.41. The smallest absolute Gasteiger partial charge is 0.407 e. The highest BCUT2D eigenvalue weighted by atomic mass is 19.1. The van der Waals surface area contributed by atoms with Gasteiger partial charge in [-0.25, -0.2) is 4.68 Å². The number of carbonyl (C=O) groups is 1. The van der Waals surface area contributed by atoms with Gasteiger partial charge in [0.1, 0.15) is 6.29 Å². The predicted octanol–water partition coefficient (Wildman–Crippen LogP) is 6.39. The van der Waals surface area contributed by atoms with Crippen LogP contribution in [0, 0.1) is 17.3 Å². The molecule has 2 aliphatic heterocycles. The maximum Gasteiger partial charge on any atom is 0.490 e. The molecule has 1 unspecified atom stereocenters. The van der Waals surface area contributed by atoms with Crippen molar-refractivity contribution in [2.45, 2.75) is 58.6 Å². The molecule has 3 aromatic rings. The number of fused-ring (bicyclic) bond motifs is 1. The third-order valence-corrected chi connectivity index (χ3v) is 8.05. The Balaban J connectivity index is 1.50. The van der Waals surface area contributed by atoms with Gasteiger partial charge in [0.25, 0.3) is 0 Å². The van der Waals surface area contributed by atoms with Crippen molar-refractivity contribution in [3.05, 3.63) is 70.6 Å². The third-order valence-electron chi connectivity index (χ3n) is 8.05. The molecule has 3 heterocycles. The summed E-state index contributed by atoms with van der Waals surface area (Å²) >= 11 is 0. The van der Waals surface area contributed by atoms with E-state index in [0.717, 1.165) is 72.5 Å². The maximum absolute atomic E-state index is 15.3. The summed E-state index contributed by atoms with van der Waals surface area (Å²) in [6.45, 7) is 6.15. The van der Waals surface area contributed by atoms with Gasteiger partial charge >= 0.3 is 7.12 Å². The predicted molar refractivity (Wildman–Crippen MR) is 145 cm³/mol. The molecule has 0 spiro atoms. The van der Waals surface area contributed by atoms with E-state index < -0.39 is 13.1 Å². The van der Waals surface area contributed by atoms with Crippen molar-refractivity contribution in [2.24, 2.45) is 11.3 Å². The minimum Gasteiger partial charge on any atom is -0.407 e. The van der Waals surface area contributed by atoms with Crippen molar-refractivity contribution in [1.29, 1.82) is 0 Å². The second-order valence-corrected chi connectivity index (χ2v) is 11.6. The standard InChI is InChI=1S/C30H34BFN2O4/c1-30(2)18-37-31(38-19-30)28(22-6-5-7-22)27(21-11-9-20(17-35)10-12-21)23-13-14-25-24(16-23)29(32)33-34(25)26-8-3-4-15-36-26/h9-14,16-17,22,26H,3-8,15,18-19H2,1-2H3/b28-27+. The fourth-order valence-corrected chi connectivity index (χ4v) is 5.73. The molecule has 2 aromatic carbocycles. The van der Waals surface area contributed by atoms with Gasteiger partial charge in [0, 0.05) is 30.8 Å². The number of carbonyl (C=O) groups excluding carboxylic acids is 1. The normalized spacial score (nSPS) is 22.7. The van der Waals surface area contributed by atoms with Crippen LogP contribution in [0.3, 0.4) is 0 Å². The third kappa shape index (κ3) is 4.85. The summed E-state index contributed by atoms with van der Waals surface area (Å²) in [5.74, 6) is -0.176. The molecule has 1 atom stereocenters. The zero-order chi connectivity index (χ0) is 26.3. The number of hydrogen-bond donors (Lipinski definition) is 0. The Hall–Kier alpha value is -2.81. The molecule has 1 aromatic heterocycles. The first-order valence-corrected chi connectivity index (χ1v) is 13.8. The highest BCUT2D eigenvalue weighted by molar-refractivity contribution is 6.56. The molecule has 3 aliphatic rings. The van der Waals surface area contributed by atoms with Gasteiger partial charge in [0.05, 0.1) is 10.9 Å². The van der Waals surface area contributed by atoms with E-state index in [4.69, 9.17) is 14.0 Å². The van der Waals surface area contributed by atoms with E-state index in [0.29, 0.717) is 36.7 Å². The first-order valence-electron chi connectivity index (χ1n) is 13.8. The van der Waals surface area contributed by atoms with E-state index >= 15 is 4.39 Å². The monoisotopic (exact) mass is 516 g/mol. The van der Waals surface area contributed by atoms with E-state index in [1.54, 1.807) is 4.68 Å². The highest BCUT2D eigenvalue weighted by Crippen LogP contribution is 2.43. The molecule has 0 N–H and O–H groups in total. The van der Waals surface area contributed by atoms with Gasteiger partial charge in [-0.05, 0) is 72.3 Å². The molecule has 1 saturated carbocycles. The average molecular weight is 516 g/mol. The van der Waals surface area contributed by atoms with Crippen LogP contribution < -0.4 is 0 Å². The van der Waals surface area contributed by atoms with Gasteiger partial charge in [-0.15, -0.1) is 5.10 Å². The second-order valence-electron chi connectivity index (χ2n) is 11.6. The number of halogens is 1. The fourth-order valence-electron chi connectivity index (χ4n) is 5.73. The van der Waals surface area contributed by atoms with Crippen molar-refractivity contribution in [2.75, 3.05) is 19.8 Å². The lowest BCUT2D eigenvalue weighted by molar-refractivity contribution is -0.0375. The largest absolute Gasteiger partial charge is 0.490 e. The number of rotatable bonds is 6. The van der Waals surface area contributed by atoms with Crippen LogP contribution in [0.1, 0.15) is 80.1 Å². The molecule has 8 heteroatoms. The van der Waals surface area contributed by atoms with Crippen molar-refractivity contribution < 1.29 is 23.2 Å². The van der Waals surface area contributed by atoms with Gasteiger partial charge in [0.15, 0.2) is 6.23 Å². The fraction of sp³-hybridized carbons (Fsp3) is 0.467. The van der Waals surface area contributed by atoms with Crippen LogP contribution in [0.5, 0.6) is 0 Å². The van der Waals surface area contributed by atoms with Gasteiger partial charge in [-0.3, -0.25) is 4.79 Å². The molecular formula is C30H34BFN2O4. The lowest BCUT2D eigenvalue weighted by Crippen LogP contribution is -2.44. The SMILES string of the molecule is CC1(C)COB(/C(=C(\c2ccc(C=O)cc2)c2ccc3c(c2)c(F)nn3C2CCCCO2)C2CCC2)OC1. The van der Waals surface area contributed by atoms with Crippen molar-refractivity contribution in [3.8, 4) is 0 Å². The van der Waals surface area contributed by atoms with E-state index in [1.807, 2.05) is 42.5 Å². The molecule has 38 heavy (non-hydrogen) atoms. The molecule has 6 nitrogen and oxygen atoms in total. The lowest BCUT2D eigenvalue weighted by atomic mass is 9.59. The van der Waals surface area contributed by atoms with E-state index in [-0.39, 0.29) is 11.6 Å². The topological polar surface area (TPSA) is 62.6 Å². The number of ether oxygens (including phenoxy) is 1. The number of nitrogens with zero attached hydrogens (tertiary/aromatic N) is 2. The van der Waals surface area contributed by atoms with Crippen LogP contribution in [0.4, 0.5) is 4.39 Å². The number of allylic oxidation sites excluding steroid dienone is 1. The van der Waals surface area contributed by atoms with Crippen molar-refractivity contribution >= 4 is 29.9 Å². The summed E-state index contributed by atoms with van der Waals surface area (Å²) in [5.41, 5.74) is 5.22. The first kappa shape index (κ1) is 25.5. The Morgan fingerprint density at radius 2 is 1.76 bits per heavy atom. The average Bonchev–Trinajstić information content (AvgIpc) is 3.24. The Labute approximate surface area is 223 Å². The minimum atomic E-state index is -0.496. The quantitative estimate of drug-likeness (QED) is 0.281. The summed E-state index contributed by atoms with van der Waals surface area (Å²) in [7, 11) is -0.465. The molecule has 0 radical (unpaired) electrons. The number of benzene rings is 2. The summed E-state index contributed by atoms with van der Waals surface area (Å²) in [6.07, 6.45) is 6.76. The summed E-state index contributed by atoms with van der Waals surface area (Å²) in [6, 6.07) is 13.5. The minimum absolute atomic E-state index is 0.0508. The Kier molecular flexibility index (Phi) is 6.97. The van der Waals surface area contributed by atoms with Gasteiger partial charge < -0.3 is 14.0 Å². The summed E-state index contributed by atoms with van der Waals surface area (Å²) in [5, 5.41) is 4.71. The number of aldehydes is 1. The van der Waals surface area contributed by atoms with Crippen LogP contribution >= 0.6 is 0 Å². The van der Waals surface area contributed by atoms with Gasteiger partial charge in [-0.2, -0.15) is 4.39 Å². The van der Waals surface area contributed by atoms with Crippen LogP contribution in [0.15, 0.2) is 47.9 Å². The first-order chi connectivity index (χ1) is 18.4. The van der Waals surface area contributed by atoms with Crippen molar-refractivity contribution in [3.63, 3.8) is 0 Å². The van der Waals surface area contributed by atoms with Crippen LogP contribution in [-0.4, -0.2) is 43.0 Å². The zero-order valence-electron chi connectivity index (χ0n) is 22.1. The molecule has 1 aliphatic carbocycles. The van der Waals surface area contributed by atoms with Crippen LogP contribution in [0.25, 0.3) is 16.5 Å². The molecule has 3 fully saturated rings. The summed E-state index contributed by atoms with van der Waals surface area (Å²) in [4.78, 5) is 11.4. The molecule has 198 valence electrons. The van der Waals surface area contributed by atoms with Crippen LogP contribution in [-0.2, 0) is 14.0 Å². The Morgan fingerprint density at radius 3 is 2.39 bits per heavy atom. The van der Waals surface area contributed by atoms with Crippen LogP contribution in [0.2, 0.25) is 0 Å². The van der Waals surface area contributed by atoms with Crippen molar-refractivity contribution in [1.82, 2.24) is 9.78 Å².